The van der Waals surface area contributed by atoms with Crippen molar-refractivity contribution in [1.82, 2.24) is 10.2 Å². The topological polar surface area (TPSA) is 59.4 Å². The molecule has 1 N–H and O–H groups in total. The van der Waals surface area contributed by atoms with Gasteiger partial charge in [-0.3, -0.25) is 4.79 Å². The number of rotatable bonds is 5. The molecule has 1 saturated heterocycles. The Kier molecular flexibility index (Phi) is 7.03. The highest BCUT2D eigenvalue weighted by atomic mass is 16.1. The minimum Gasteiger partial charge on any atom is -0.373 e. The molecule has 0 saturated carbocycles. The van der Waals surface area contributed by atoms with Gasteiger partial charge in [0, 0.05) is 38.1 Å². The van der Waals surface area contributed by atoms with Crippen molar-refractivity contribution in [1.29, 1.82) is 5.26 Å². The maximum atomic E-state index is 12.8. The van der Waals surface area contributed by atoms with Gasteiger partial charge >= 0.3 is 0 Å². The van der Waals surface area contributed by atoms with Gasteiger partial charge in [0.05, 0.1) is 6.04 Å². The Morgan fingerprint density at radius 1 is 1.06 bits per heavy atom. The Balaban J connectivity index is 1.37. The number of nitrogens with one attached hydrogen (secondary N) is 1. The van der Waals surface area contributed by atoms with Crippen molar-refractivity contribution in [2.24, 2.45) is 0 Å². The van der Waals surface area contributed by atoms with Crippen LogP contribution < -0.4 is 10.2 Å². The lowest BCUT2D eigenvalue weighted by molar-refractivity contribution is -0.117. The molecule has 5 nitrogen and oxygen atoms in total. The number of benzene rings is 2. The Morgan fingerprint density at radius 3 is 2.52 bits per heavy atom. The molecule has 33 heavy (non-hydrogen) atoms. The quantitative estimate of drug-likeness (QED) is 0.544. The normalized spacial score (nSPS) is 17.2. The zero-order chi connectivity index (χ0) is 23.4. The van der Waals surface area contributed by atoms with E-state index in [2.05, 4.69) is 71.4 Å². The van der Waals surface area contributed by atoms with Gasteiger partial charge in [-0.15, -0.1) is 0 Å². The summed E-state index contributed by atoms with van der Waals surface area (Å²) in [6, 6.07) is 14.9. The van der Waals surface area contributed by atoms with E-state index in [9.17, 15) is 10.1 Å². The highest BCUT2D eigenvalue weighted by molar-refractivity contribution is 5.97. The van der Waals surface area contributed by atoms with Crippen LogP contribution in [0.25, 0.3) is 0 Å². The molecule has 2 aliphatic rings. The van der Waals surface area contributed by atoms with Crippen molar-refractivity contribution in [3.05, 3.63) is 76.0 Å². The number of hydrogen-bond donors (Lipinski definition) is 1. The lowest BCUT2D eigenvalue weighted by atomic mass is 9.89. The maximum absolute atomic E-state index is 12.8. The minimum atomic E-state index is -0.306. The van der Waals surface area contributed by atoms with Gasteiger partial charge in [-0.05, 0) is 80.3 Å². The van der Waals surface area contributed by atoms with E-state index in [4.69, 9.17) is 0 Å². The molecule has 1 fully saturated rings. The Morgan fingerprint density at radius 2 is 1.79 bits per heavy atom. The average molecular weight is 443 g/mol. The molecule has 1 heterocycles. The Bertz CT molecular complexity index is 1090. The second-order valence-corrected chi connectivity index (χ2v) is 9.33. The summed E-state index contributed by atoms with van der Waals surface area (Å²) < 4.78 is 0. The van der Waals surface area contributed by atoms with Crippen molar-refractivity contribution in [2.45, 2.75) is 52.5 Å². The summed E-state index contributed by atoms with van der Waals surface area (Å²) in [5, 5.41) is 12.7. The molecule has 0 bridgehead atoms. The van der Waals surface area contributed by atoms with Crippen molar-refractivity contribution >= 4 is 11.6 Å². The van der Waals surface area contributed by atoms with Gasteiger partial charge in [0.2, 0.25) is 0 Å². The number of hydrogen-bond acceptors (Lipinski definition) is 4. The van der Waals surface area contributed by atoms with E-state index >= 15 is 0 Å². The molecule has 0 spiro atoms. The summed E-state index contributed by atoms with van der Waals surface area (Å²) in [6.07, 6.45) is 6.48. The standard InChI is InChI=1S/C28H34N4O/c1-20-7-6-10-27(21(20)2)32-15-13-31(14-16-32)19-26(18-29)28(33)30-22(3)24-12-11-23-8-4-5-9-25(23)17-24/h6-7,10-12,17,19,22H,4-5,8-9,13-16H2,1-3H3,(H,30,33)/b26-19-. The van der Waals surface area contributed by atoms with Crippen LogP contribution >= 0.6 is 0 Å². The summed E-state index contributed by atoms with van der Waals surface area (Å²) in [5.74, 6) is -0.306. The van der Waals surface area contributed by atoms with Crippen LogP contribution in [-0.2, 0) is 17.6 Å². The van der Waals surface area contributed by atoms with E-state index in [1.807, 2.05) is 6.92 Å². The molecule has 0 radical (unpaired) electrons. The van der Waals surface area contributed by atoms with Crippen LogP contribution in [0, 0.1) is 25.2 Å². The van der Waals surface area contributed by atoms with Crippen LogP contribution in [-0.4, -0.2) is 37.0 Å². The molecule has 1 unspecified atom stereocenters. The highest BCUT2D eigenvalue weighted by Gasteiger charge is 2.20. The first-order valence-electron chi connectivity index (χ1n) is 12.1. The molecule has 0 aromatic heterocycles. The second kappa shape index (κ2) is 10.1. The van der Waals surface area contributed by atoms with E-state index in [0.29, 0.717) is 0 Å². The molecular formula is C28H34N4O. The summed E-state index contributed by atoms with van der Waals surface area (Å²) in [4.78, 5) is 17.3. The molecule has 2 aromatic rings. The van der Waals surface area contributed by atoms with Gasteiger partial charge in [-0.2, -0.15) is 5.26 Å². The minimum absolute atomic E-state index is 0.136. The molecule has 2 aromatic carbocycles. The first-order chi connectivity index (χ1) is 16.0. The summed E-state index contributed by atoms with van der Waals surface area (Å²) in [7, 11) is 0. The third-order valence-corrected chi connectivity index (χ3v) is 7.13. The lowest BCUT2D eigenvalue weighted by Gasteiger charge is -2.36. The summed E-state index contributed by atoms with van der Waals surface area (Å²) in [6.45, 7) is 9.59. The van der Waals surface area contributed by atoms with Gasteiger partial charge in [0.1, 0.15) is 11.6 Å². The van der Waals surface area contributed by atoms with Crippen LogP contribution in [0.2, 0.25) is 0 Å². The van der Waals surface area contributed by atoms with E-state index < -0.39 is 0 Å². The number of carbonyl (C=O) groups is 1. The van der Waals surface area contributed by atoms with Crippen LogP contribution in [0.3, 0.4) is 0 Å². The zero-order valence-electron chi connectivity index (χ0n) is 20.0. The molecular weight excluding hydrogens is 408 g/mol. The van der Waals surface area contributed by atoms with Gasteiger partial charge < -0.3 is 15.1 Å². The number of nitrogens with zero attached hydrogens (tertiary/aromatic N) is 3. The molecule has 4 rings (SSSR count). The Hall–Kier alpha value is -3.26. The van der Waals surface area contributed by atoms with E-state index in [0.717, 1.165) is 44.6 Å². The van der Waals surface area contributed by atoms with E-state index in [1.165, 1.54) is 40.8 Å². The van der Waals surface area contributed by atoms with Crippen molar-refractivity contribution in [3.63, 3.8) is 0 Å². The average Bonchev–Trinajstić information content (AvgIpc) is 2.84. The fourth-order valence-electron chi connectivity index (χ4n) is 4.87. The van der Waals surface area contributed by atoms with Crippen molar-refractivity contribution in [3.8, 4) is 6.07 Å². The number of amides is 1. The fraction of sp³-hybridized carbons (Fsp3) is 0.429. The van der Waals surface area contributed by atoms with Crippen molar-refractivity contribution in [2.75, 3.05) is 31.1 Å². The predicted molar refractivity (Wildman–Crippen MR) is 133 cm³/mol. The second-order valence-electron chi connectivity index (χ2n) is 9.33. The van der Waals surface area contributed by atoms with Gasteiger partial charge in [0.25, 0.3) is 5.91 Å². The third-order valence-electron chi connectivity index (χ3n) is 7.13. The van der Waals surface area contributed by atoms with Gasteiger partial charge in [0.15, 0.2) is 0 Å². The molecule has 1 aliphatic heterocycles. The number of anilines is 1. The molecule has 1 aliphatic carbocycles. The Labute approximate surface area is 197 Å². The van der Waals surface area contributed by atoms with Crippen LogP contribution in [0.15, 0.2) is 48.2 Å². The first kappa shape index (κ1) is 22.9. The number of carbonyl (C=O) groups excluding carboxylic acids is 1. The largest absolute Gasteiger partial charge is 0.373 e. The van der Waals surface area contributed by atoms with Crippen molar-refractivity contribution < 1.29 is 4.79 Å². The molecule has 1 amide bonds. The predicted octanol–water partition coefficient (Wildman–Crippen LogP) is 4.59. The van der Waals surface area contributed by atoms with Crippen LogP contribution in [0.4, 0.5) is 5.69 Å². The first-order valence-corrected chi connectivity index (χ1v) is 12.1. The molecule has 172 valence electrons. The van der Waals surface area contributed by atoms with Crippen LogP contribution in [0.5, 0.6) is 0 Å². The lowest BCUT2D eigenvalue weighted by Crippen LogP contribution is -2.44. The van der Waals surface area contributed by atoms with Gasteiger partial charge in [-0.1, -0.05) is 30.3 Å². The third kappa shape index (κ3) is 5.22. The maximum Gasteiger partial charge on any atom is 0.263 e. The number of fused-ring (bicyclic) bond motifs is 1. The number of piperazine rings is 1. The molecule has 5 heteroatoms. The van der Waals surface area contributed by atoms with Crippen LogP contribution in [0.1, 0.15) is 53.6 Å². The van der Waals surface area contributed by atoms with Gasteiger partial charge in [-0.25, -0.2) is 0 Å². The zero-order valence-corrected chi connectivity index (χ0v) is 20.0. The highest BCUT2D eigenvalue weighted by Crippen LogP contribution is 2.26. The number of nitriles is 1. The van der Waals surface area contributed by atoms with E-state index in [-0.39, 0.29) is 17.5 Å². The van der Waals surface area contributed by atoms with E-state index in [1.54, 1.807) is 6.20 Å². The molecule has 1 atom stereocenters. The smallest absolute Gasteiger partial charge is 0.263 e. The number of aryl methyl sites for hydroxylation is 3. The fourth-order valence-corrected chi connectivity index (χ4v) is 4.87. The summed E-state index contributed by atoms with van der Waals surface area (Å²) >= 11 is 0. The SMILES string of the molecule is Cc1cccc(N2CCN(/C=C(/C#N)C(=O)NC(C)c3ccc4c(c3)CCCC4)CC2)c1C. The summed E-state index contributed by atoms with van der Waals surface area (Å²) in [5.41, 5.74) is 7.99. The monoisotopic (exact) mass is 442 g/mol.